The van der Waals surface area contributed by atoms with Crippen molar-refractivity contribution in [3.05, 3.63) is 73.4 Å². The molecule has 1 aromatic heterocycles. The lowest BCUT2D eigenvalue weighted by Crippen LogP contribution is -2.16. The Balaban J connectivity index is 1.85. The van der Waals surface area contributed by atoms with E-state index in [2.05, 4.69) is 35.7 Å². The lowest BCUT2D eigenvalue weighted by Gasteiger charge is -2.18. The van der Waals surface area contributed by atoms with Crippen molar-refractivity contribution in [2.75, 3.05) is 11.4 Å². The fourth-order valence-corrected chi connectivity index (χ4v) is 2.93. The number of rotatable bonds is 3. The smallest absolute Gasteiger partial charge is 0.148 e. The fourth-order valence-electron chi connectivity index (χ4n) is 2.93. The summed E-state index contributed by atoms with van der Waals surface area (Å²) in [7, 11) is 0. The molecule has 1 radical (unpaired) electrons. The first-order chi connectivity index (χ1) is 11.4. The van der Waals surface area contributed by atoms with E-state index in [1.165, 1.54) is 6.42 Å². The Morgan fingerprint density at radius 1 is 0.783 bits per heavy atom. The molecule has 0 amide bonds. The SMILES string of the molecule is [CH]1CCCN1c1cnc(-c2ccccc2)c(-c2ccccc2)n1. The van der Waals surface area contributed by atoms with Crippen molar-refractivity contribution in [1.82, 2.24) is 9.97 Å². The largest absolute Gasteiger partial charge is 0.350 e. The second-order valence-corrected chi connectivity index (χ2v) is 5.68. The van der Waals surface area contributed by atoms with Gasteiger partial charge in [-0.2, -0.15) is 0 Å². The molecule has 1 aliphatic rings. The Bertz CT molecular complexity index is 778. The molecule has 23 heavy (non-hydrogen) atoms. The molecule has 3 aromatic rings. The molecule has 0 atom stereocenters. The van der Waals surface area contributed by atoms with Gasteiger partial charge in [0.05, 0.1) is 24.1 Å². The molecule has 3 nitrogen and oxygen atoms in total. The third-order valence-electron chi connectivity index (χ3n) is 4.10. The summed E-state index contributed by atoms with van der Waals surface area (Å²) in [5.74, 6) is 0.932. The van der Waals surface area contributed by atoms with Crippen LogP contribution in [-0.4, -0.2) is 16.5 Å². The first kappa shape index (κ1) is 13.9. The van der Waals surface area contributed by atoms with Crippen molar-refractivity contribution >= 4 is 5.82 Å². The van der Waals surface area contributed by atoms with E-state index in [4.69, 9.17) is 9.97 Å². The molecule has 0 bridgehead atoms. The standard InChI is InChI=1S/C20H18N3/c1-3-9-16(10-4-1)19-20(17-11-5-2-6-12-17)22-18(15-21-19)23-13-7-8-14-23/h1-6,9-13,15H,7-8,14H2. The third-order valence-corrected chi connectivity index (χ3v) is 4.10. The monoisotopic (exact) mass is 300 g/mol. The molecule has 1 saturated heterocycles. The highest BCUT2D eigenvalue weighted by Gasteiger charge is 2.18. The van der Waals surface area contributed by atoms with E-state index in [0.29, 0.717) is 0 Å². The lowest BCUT2D eigenvalue weighted by molar-refractivity contribution is 0.940. The summed E-state index contributed by atoms with van der Waals surface area (Å²) in [5.41, 5.74) is 4.06. The molecule has 2 heterocycles. The zero-order valence-corrected chi connectivity index (χ0v) is 12.9. The Morgan fingerprint density at radius 2 is 1.43 bits per heavy atom. The van der Waals surface area contributed by atoms with Gasteiger partial charge in [-0.15, -0.1) is 0 Å². The number of nitrogens with zero attached hydrogens (tertiary/aromatic N) is 3. The molecule has 0 aliphatic carbocycles. The maximum Gasteiger partial charge on any atom is 0.148 e. The summed E-state index contributed by atoms with van der Waals surface area (Å²) >= 11 is 0. The number of hydrogen-bond donors (Lipinski definition) is 0. The summed E-state index contributed by atoms with van der Waals surface area (Å²) in [6, 6.07) is 20.5. The Hall–Kier alpha value is -2.68. The minimum Gasteiger partial charge on any atom is -0.350 e. The van der Waals surface area contributed by atoms with Crippen LogP contribution in [0.25, 0.3) is 22.5 Å². The third kappa shape index (κ3) is 2.82. The van der Waals surface area contributed by atoms with E-state index in [-0.39, 0.29) is 0 Å². The molecule has 4 rings (SSSR count). The van der Waals surface area contributed by atoms with Crippen molar-refractivity contribution in [2.45, 2.75) is 12.8 Å². The molecule has 3 heteroatoms. The Kier molecular flexibility index (Phi) is 3.76. The Labute approximate surface area is 136 Å². The van der Waals surface area contributed by atoms with Gasteiger partial charge in [0.1, 0.15) is 5.82 Å². The van der Waals surface area contributed by atoms with Crippen molar-refractivity contribution in [1.29, 1.82) is 0 Å². The van der Waals surface area contributed by atoms with E-state index in [9.17, 15) is 0 Å². The van der Waals surface area contributed by atoms with Crippen LogP contribution in [0.1, 0.15) is 12.8 Å². The van der Waals surface area contributed by atoms with Gasteiger partial charge >= 0.3 is 0 Å². The van der Waals surface area contributed by atoms with Gasteiger partial charge in [0.2, 0.25) is 0 Å². The van der Waals surface area contributed by atoms with Crippen LogP contribution in [0.3, 0.4) is 0 Å². The molecule has 1 aliphatic heterocycles. The molecular weight excluding hydrogens is 282 g/mol. The summed E-state index contributed by atoms with van der Waals surface area (Å²) in [4.78, 5) is 11.9. The van der Waals surface area contributed by atoms with E-state index in [1.807, 2.05) is 42.6 Å². The molecule has 0 N–H and O–H groups in total. The summed E-state index contributed by atoms with van der Waals surface area (Å²) in [6.07, 6.45) is 4.18. The van der Waals surface area contributed by atoms with Gasteiger partial charge in [0, 0.05) is 17.7 Å². The summed E-state index contributed by atoms with van der Waals surface area (Å²) in [6.45, 7) is 3.23. The molecule has 0 spiro atoms. The first-order valence-corrected chi connectivity index (χ1v) is 8.00. The minimum absolute atomic E-state index is 0.930. The second-order valence-electron chi connectivity index (χ2n) is 5.68. The zero-order valence-electron chi connectivity index (χ0n) is 12.9. The van der Waals surface area contributed by atoms with Crippen LogP contribution >= 0.6 is 0 Å². The molecule has 0 unspecified atom stereocenters. The minimum atomic E-state index is 0.930. The van der Waals surface area contributed by atoms with Crippen LogP contribution in [0.15, 0.2) is 66.9 Å². The van der Waals surface area contributed by atoms with Gasteiger partial charge < -0.3 is 4.90 Å². The number of anilines is 1. The van der Waals surface area contributed by atoms with E-state index >= 15 is 0 Å². The fraction of sp³-hybridized carbons (Fsp3) is 0.150. The highest BCUT2D eigenvalue weighted by atomic mass is 15.2. The van der Waals surface area contributed by atoms with Crippen LogP contribution in [0.5, 0.6) is 0 Å². The molecule has 0 saturated carbocycles. The lowest BCUT2D eigenvalue weighted by atomic mass is 10.0. The van der Waals surface area contributed by atoms with Crippen LogP contribution in [0.2, 0.25) is 0 Å². The molecule has 113 valence electrons. The quantitative estimate of drug-likeness (QED) is 0.709. The first-order valence-electron chi connectivity index (χ1n) is 8.00. The normalized spacial score (nSPS) is 14.2. The van der Waals surface area contributed by atoms with Gasteiger partial charge in [-0.25, -0.2) is 4.98 Å². The highest BCUT2D eigenvalue weighted by molar-refractivity contribution is 5.78. The predicted molar refractivity (Wildman–Crippen MR) is 93.8 cm³/mol. The van der Waals surface area contributed by atoms with E-state index in [1.54, 1.807) is 0 Å². The number of aromatic nitrogens is 2. The highest BCUT2D eigenvalue weighted by Crippen LogP contribution is 2.31. The maximum atomic E-state index is 4.93. The molecular formula is C20H18N3. The van der Waals surface area contributed by atoms with Crippen molar-refractivity contribution in [3.8, 4) is 22.5 Å². The van der Waals surface area contributed by atoms with Gasteiger partial charge in [-0.05, 0) is 12.8 Å². The van der Waals surface area contributed by atoms with Gasteiger partial charge in [0.15, 0.2) is 0 Å². The zero-order chi connectivity index (χ0) is 15.5. The van der Waals surface area contributed by atoms with Crippen molar-refractivity contribution in [2.24, 2.45) is 0 Å². The Morgan fingerprint density at radius 3 is 2.04 bits per heavy atom. The van der Waals surface area contributed by atoms with Crippen molar-refractivity contribution < 1.29 is 0 Å². The summed E-state index contributed by atoms with van der Waals surface area (Å²) in [5, 5.41) is 0. The topological polar surface area (TPSA) is 29.0 Å². The van der Waals surface area contributed by atoms with Crippen LogP contribution in [-0.2, 0) is 0 Å². The number of hydrogen-bond acceptors (Lipinski definition) is 3. The van der Waals surface area contributed by atoms with E-state index in [0.717, 1.165) is 41.3 Å². The van der Waals surface area contributed by atoms with Crippen molar-refractivity contribution in [3.63, 3.8) is 0 Å². The van der Waals surface area contributed by atoms with Crippen LogP contribution < -0.4 is 4.90 Å². The average Bonchev–Trinajstić information content (AvgIpc) is 3.17. The van der Waals surface area contributed by atoms with Gasteiger partial charge in [0.25, 0.3) is 0 Å². The number of benzene rings is 2. The molecule has 1 fully saturated rings. The average molecular weight is 300 g/mol. The summed E-state index contributed by atoms with van der Waals surface area (Å²) < 4.78 is 0. The maximum absolute atomic E-state index is 4.93. The van der Waals surface area contributed by atoms with Crippen LogP contribution in [0.4, 0.5) is 5.82 Å². The van der Waals surface area contributed by atoms with E-state index < -0.39 is 0 Å². The van der Waals surface area contributed by atoms with Crippen LogP contribution in [0, 0.1) is 6.54 Å². The molecule has 2 aromatic carbocycles. The second kappa shape index (κ2) is 6.21. The predicted octanol–water partition coefficient (Wildman–Crippen LogP) is 4.57. The van der Waals surface area contributed by atoms with Gasteiger partial charge in [-0.3, -0.25) is 4.98 Å². The van der Waals surface area contributed by atoms with Gasteiger partial charge in [-0.1, -0.05) is 60.7 Å².